The normalized spacial score (nSPS) is 10.3. The van der Waals surface area contributed by atoms with Crippen molar-refractivity contribution in [3.05, 3.63) is 72.4 Å². The van der Waals surface area contributed by atoms with Crippen LogP contribution in [0.5, 0.6) is 0 Å². The molecule has 0 saturated heterocycles. The summed E-state index contributed by atoms with van der Waals surface area (Å²) in [5, 5.41) is 9.74. The van der Waals surface area contributed by atoms with Crippen molar-refractivity contribution in [2.45, 2.75) is 6.92 Å². The second-order valence-electron chi connectivity index (χ2n) is 5.95. The minimum absolute atomic E-state index is 0.221. The Balaban J connectivity index is 1.67. The number of nitrogens with one attached hydrogen (secondary N) is 2. The molecule has 28 heavy (non-hydrogen) atoms. The third-order valence-electron chi connectivity index (χ3n) is 4.02. The molecule has 0 fully saturated rings. The van der Waals surface area contributed by atoms with Crippen LogP contribution < -0.4 is 10.6 Å². The van der Waals surface area contributed by atoms with E-state index in [1.54, 1.807) is 29.9 Å². The quantitative estimate of drug-likeness (QED) is 0.619. The molecular weight excluding hydrogens is 356 g/mol. The maximum Gasteiger partial charge on any atom is 0.407 e. The van der Waals surface area contributed by atoms with Gasteiger partial charge in [0.1, 0.15) is 0 Å². The predicted octanol–water partition coefficient (Wildman–Crippen LogP) is 3.02. The summed E-state index contributed by atoms with van der Waals surface area (Å²) < 4.78 is 6.57. The summed E-state index contributed by atoms with van der Waals surface area (Å²) in [7, 11) is 0. The zero-order valence-electron chi connectivity index (χ0n) is 15.6. The number of amides is 2. The smallest absolute Gasteiger partial charge is 0.407 e. The molecule has 0 aliphatic carbocycles. The molecule has 1 heterocycles. The van der Waals surface area contributed by atoms with Crippen molar-refractivity contribution in [3.63, 3.8) is 0 Å². The molecule has 2 amide bonds. The van der Waals surface area contributed by atoms with E-state index in [-0.39, 0.29) is 5.91 Å². The van der Waals surface area contributed by atoms with Gasteiger partial charge in [0, 0.05) is 24.2 Å². The second-order valence-corrected chi connectivity index (χ2v) is 5.95. The molecule has 1 aromatic heterocycles. The Morgan fingerprint density at radius 3 is 2.57 bits per heavy atom. The van der Waals surface area contributed by atoms with Gasteiger partial charge >= 0.3 is 6.09 Å². The van der Waals surface area contributed by atoms with Crippen LogP contribution in [0.25, 0.3) is 16.9 Å². The van der Waals surface area contributed by atoms with Gasteiger partial charge in [0.25, 0.3) is 5.91 Å². The molecule has 0 unspecified atom stereocenters. The van der Waals surface area contributed by atoms with E-state index in [9.17, 15) is 9.59 Å². The molecule has 3 rings (SSSR count). The lowest BCUT2D eigenvalue weighted by molar-refractivity contribution is 0.0952. The van der Waals surface area contributed by atoms with E-state index in [1.807, 2.05) is 48.5 Å². The summed E-state index contributed by atoms with van der Waals surface area (Å²) in [6.07, 6.45) is 1.24. The first-order valence-electron chi connectivity index (χ1n) is 9.07. The van der Waals surface area contributed by atoms with E-state index in [0.29, 0.717) is 25.3 Å². The van der Waals surface area contributed by atoms with Gasteiger partial charge in [-0.25, -0.2) is 9.48 Å². The maximum absolute atomic E-state index is 12.4. The molecule has 0 aliphatic heterocycles. The first-order chi connectivity index (χ1) is 13.7. The van der Waals surface area contributed by atoms with Crippen LogP contribution in [0.4, 0.5) is 4.79 Å². The van der Waals surface area contributed by atoms with Gasteiger partial charge in [0.2, 0.25) is 0 Å². The van der Waals surface area contributed by atoms with Crippen molar-refractivity contribution < 1.29 is 14.3 Å². The number of ether oxygens (including phenoxy) is 1. The van der Waals surface area contributed by atoms with Gasteiger partial charge in [-0.2, -0.15) is 5.10 Å². The van der Waals surface area contributed by atoms with Crippen molar-refractivity contribution in [2.24, 2.45) is 0 Å². The third kappa shape index (κ3) is 4.76. The van der Waals surface area contributed by atoms with Gasteiger partial charge in [0.15, 0.2) is 0 Å². The van der Waals surface area contributed by atoms with Gasteiger partial charge in [-0.05, 0) is 31.2 Å². The molecule has 144 valence electrons. The van der Waals surface area contributed by atoms with Gasteiger partial charge in [0.05, 0.1) is 24.2 Å². The standard InChI is InChI=1S/C21H22N4O3/c1-2-28-21(27)23-14-13-22-20(26)17-9-6-10-18(15-17)25-19(11-12-24-25)16-7-4-3-5-8-16/h3-12,15H,2,13-14H2,1H3,(H,22,26)(H,23,27). The molecule has 0 aliphatic rings. The molecule has 2 aromatic carbocycles. The molecule has 0 saturated carbocycles. The number of rotatable bonds is 7. The van der Waals surface area contributed by atoms with Gasteiger partial charge in [-0.1, -0.05) is 36.4 Å². The van der Waals surface area contributed by atoms with Crippen LogP contribution in [0.3, 0.4) is 0 Å². The molecule has 7 nitrogen and oxygen atoms in total. The summed E-state index contributed by atoms with van der Waals surface area (Å²) in [5.74, 6) is -0.221. The van der Waals surface area contributed by atoms with E-state index in [0.717, 1.165) is 16.9 Å². The minimum atomic E-state index is -0.495. The summed E-state index contributed by atoms with van der Waals surface area (Å²) >= 11 is 0. The number of hydrogen-bond donors (Lipinski definition) is 2. The van der Waals surface area contributed by atoms with Crippen molar-refractivity contribution in [1.82, 2.24) is 20.4 Å². The van der Waals surface area contributed by atoms with Crippen molar-refractivity contribution in [3.8, 4) is 16.9 Å². The highest BCUT2D eigenvalue weighted by atomic mass is 16.5. The van der Waals surface area contributed by atoms with E-state index >= 15 is 0 Å². The largest absolute Gasteiger partial charge is 0.450 e. The molecule has 0 bridgehead atoms. The fourth-order valence-corrected chi connectivity index (χ4v) is 2.74. The highest BCUT2D eigenvalue weighted by Crippen LogP contribution is 2.22. The van der Waals surface area contributed by atoms with Crippen LogP contribution in [0.1, 0.15) is 17.3 Å². The Morgan fingerprint density at radius 1 is 1.00 bits per heavy atom. The number of carbonyl (C=O) groups excluding carboxylic acids is 2. The van der Waals surface area contributed by atoms with Crippen LogP contribution in [-0.2, 0) is 4.74 Å². The van der Waals surface area contributed by atoms with Crippen molar-refractivity contribution in [1.29, 1.82) is 0 Å². The topological polar surface area (TPSA) is 85.3 Å². The average molecular weight is 378 g/mol. The highest BCUT2D eigenvalue weighted by molar-refractivity contribution is 5.94. The summed E-state index contributed by atoms with van der Waals surface area (Å²) in [6.45, 7) is 2.64. The number of aromatic nitrogens is 2. The summed E-state index contributed by atoms with van der Waals surface area (Å²) in [5.41, 5.74) is 3.29. The summed E-state index contributed by atoms with van der Waals surface area (Å²) in [4.78, 5) is 23.6. The second kappa shape index (κ2) is 9.36. The Labute approximate surface area is 163 Å². The van der Waals surface area contributed by atoms with Crippen LogP contribution in [-0.4, -0.2) is 41.5 Å². The Kier molecular flexibility index (Phi) is 6.41. The number of hydrogen-bond acceptors (Lipinski definition) is 4. The number of nitrogens with zero attached hydrogens (tertiary/aromatic N) is 2. The van der Waals surface area contributed by atoms with E-state index < -0.39 is 6.09 Å². The monoisotopic (exact) mass is 378 g/mol. The zero-order chi connectivity index (χ0) is 19.8. The number of alkyl carbamates (subject to hydrolysis) is 1. The minimum Gasteiger partial charge on any atom is -0.450 e. The van der Waals surface area contributed by atoms with Gasteiger partial charge in [-0.15, -0.1) is 0 Å². The van der Waals surface area contributed by atoms with Gasteiger partial charge in [-0.3, -0.25) is 4.79 Å². The first kappa shape index (κ1) is 19.2. The van der Waals surface area contributed by atoms with Crippen molar-refractivity contribution >= 4 is 12.0 Å². The molecule has 3 aromatic rings. The zero-order valence-corrected chi connectivity index (χ0v) is 15.6. The molecule has 7 heteroatoms. The average Bonchev–Trinajstić information content (AvgIpc) is 3.22. The predicted molar refractivity (Wildman–Crippen MR) is 106 cm³/mol. The van der Waals surface area contributed by atoms with Crippen LogP contribution in [0.2, 0.25) is 0 Å². The third-order valence-corrected chi connectivity index (χ3v) is 4.02. The Hall–Kier alpha value is -3.61. The van der Waals surface area contributed by atoms with Crippen LogP contribution >= 0.6 is 0 Å². The Morgan fingerprint density at radius 2 is 1.79 bits per heavy atom. The lowest BCUT2D eigenvalue weighted by Gasteiger charge is -2.10. The fourth-order valence-electron chi connectivity index (χ4n) is 2.74. The van der Waals surface area contributed by atoms with E-state index in [4.69, 9.17) is 4.74 Å². The molecule has 0 radical (unpaired) electrons. The maximum atomic E-state index is 12.4. The molecule has 0 atom stereocenters. The molecule has 0 spiro atoms. The molecular formula is C21H22N4O3. The SMILES string of the molecule is CCOC(=O)NCCNC(=O)c1cccc(-n2nccc2-c2ccccc2)c1. The first-order valence-corrected chi connectivity index (χ1v) is 9.07. The lowest BCUT2D eigenvalue weighted by atomic mass is 10.1. The van der Waals surface area contributed by atoms with Crippen LogP contribution in [0, 0.1) is 0 Å². The van der Waals surface area contributed by atoms with E-state index in [1.165, 1.54) is 0 Å². The van der Waals surface area contributed by atoms with Gasteiger partial charge < -0.3 is 15.4 Å². The lowest BCUT2D eigenvalue weighted by Crippen LogP contribution is -2.35. The highest BCUT2D eigenvalue weighted by Gasteiger charge is 2.10. The summed E-state index contributed by atoms with van der Waals surface area (Å²) in [6, 6.07) is 19.1. The fraction of sp³-hybridized carbons (Fsp3) is 0.190. The Bertz CT molecular complexity index is 938. The van der Waals surface area contributed by atoms with Crippen LogP contribution in [0.15, 0.2) is 66.9 Å². The number of carbonyl (C=O) groups is 2. The van der Waals surface area contributed by atoms with E-state index in [2.05, 4.69) is 15.7 Å². The molecule has 2 N–H and O–H groups in total. The number of benzene rings is 2. The van der Waals surface area contributed by atoms with Crippen molar-refractivity contribution in [2.75, 3.05) is 19.7 Å².